The van der Waals surface area contributed by atoms with Crippen LogP contribution < -0.4 is 10.2 Å². The van der Waals surface area contributed by atoms with Gasteiger partial charge in [-0.1, -0.05) is 6.07 Å². The van der Waals surface area contributed by atoms with E-state index in [4.69, 9.17) is 4.74 Å². The molecule has 0 spiro atoms. The second-order valence-corrected chi connectivity index (χ2v) is 6.52. The highest BCUT2D eigenvalue weighted by Gasteiger charge is 2.42. The molecule has 7 heteroatoms. The summed E-state index contributed by atoms with van der Waals surface area (Å²) in [4.78, 5) is 27.2. The fourth-order valence-electron chi connectivity index (χ4n) is 3.54. The highest BCUT2D eigenvalue weighted by molar-refractivity contribution is 5.81. The summed E-state index contributed by atoms with van der Waals surface area (Å²) in [5, 5.41) is 2.95. The number of piperidine rings is 1. The van der Waals surface area contributed by atoms with Crippen LogP contribution in [0.2, 0.25) is 0 Å². The number of aromatic nitrogens is 3. The number of amides is 1. The number of anilines is 1. The van der Waals surface area contributed by atoms with Crippen molar-refractivity contribution in [2.75, 3.05) is 18.0 Å². The summed E-state index contributed by atoms with van der Waals surface area (Å²) >= 11 is 0. The van der Waals surface area contributed by atoms with Crippen molar-refractivity contribution in [1.29, 1.82) is 0 Å². The van der Waals surface area contributed by atoms with Gasteiger partial charge in [0.15, 0.2) is 0 Å². The molecule has 4 heterocycles. The molecule has 0 bridgehead atoms. The molecule has 1 amide bonds. The van der Waals surface area contributed by atoms with Crippen LogP contribution in [0.3, 0.4) is 0 Å². The third kappa shape index (κ3) is 3.61. The maximum absolute atomic E-state index is 12.4. The number of ether oxygens (including phenoxy) is 1. The van der Waals surface area contributed by atoms with Crippen LogP contribution in [-0.4, -0.2) is 46.2 Å². The molecule has 130 valence electrons. The monoisotopic (exact) mass is 339 g/mol. The molecule has 2 aliphatic heterocycles. The molecule has 0 saturated carbocycles. The van der Waals surface area contributed by atoms with Gasteiger partial charge < -0.3 is 15.0 Å². The lowest BCUT2D eigenvalue weighted by molar-refractivity contribution is -0.132. The number of nitrogens with zero attached hydrogens (tertiary/aromatic N) is 4. The van der Waals surface area contributed by atoms with Crippen LogP contribution in [0, 0.1) is 5.92 Å². The Hall–Kier alpha value is -2.54. The summed E-state index contributed by atoms with van der Waals surface area (Å²) in [6, 6.07) is 5.62. The maximum Gasteiger partial charge on any atom is 0.249 e. The average Bonchev–Trinajstić information content (AvgIpc) is 3.11. The summed E-state index contributed by atoms with van der Waals surface area (Å²) < 4.78 is 6.04. The fraction of sp³-hybridized carbons (Fsp3) is 0.444. The molecular weight excluding hydrogens is 318 g/mol. The number of hydrogen-bond acceptors (Lipinski definition) is 6. The van der Waals surface area contributed by atoms with Crippen LogP contribution in [0.25, 0.3) is 0 Å². The van der Waals surface area contributed by atoms with E-state index in [0.717, 1.165) is 37.4 Å². The molecular formula is C18H21N5O2. The number of carbonyl (C=O) groups excluding carboxylic acids is 1. The first kappa shape index (κ1) is 16.0. The number of nitrogens with one attached hydrogen (secondary N) is 1. The first-order chi connectivity index (χ1) is 12.3. The number of pyridine rings is 1. The van der Waals surface area contributed by atoms with Gasteiger partial charge in [-0.25, -0.2) is 9.97 Å². The Morgan fingerprint density at radius 3 is 2.96 bits per heavy atom. The Morgan fingerprint density at radius 1 is 1.28 bits per heavy atom. The Balaban J connectivity index is 1.32. The maximum atomic E-state index is 12.4. The van der Waals surface area contributed by atoms with Crippen molar-refractivity contribution in [3.63, 3.8) is 0 Å². The van der Waals surface area contributed by atoms with E-state index in [0.29, 0.717) is 12.5 Å². The summed E-state index contributed by atoms with van der Waals surface area (Å²) in [6.45, 7) is 2.12. The van der Waals surface area contributed by atoms with Crippen LogP contribution in [0.5, 0.6) is 0 Å². The van der Waals surface area contributed by atoms with E-state index >= 15 is 0 Å². The standard InChI is InChI=1S/C18H21N5O2/c24-17(22-11-13-3-1-5-19-10-13)15-9-14-4-8-23(12-16(14)25-15)18-20-6-2-7-21-18/h1-3,5-7,10,14-16H,4,8-9,11-12H2,(H,22,24)/t14-,15+,16+/m1/s1. The normalized spacial score (nSPS) is 25.4. The van der Waals surface area contributed by atoms with Gasteiger partial charge in [-0.15, -0.1) is 0 Å². The van der Waals surface area contributed by atoms with E-state index < -0.39 is 0 Å². The van der Waals surface area contributed by atoms with Crippen LogP contribution >= 0.6 is 0 Å². The summed E-state index contributed by atoms with van der Waals surface area (Å²) in [6.07, 6.45) is 8.44. The van der Waals surface area contributed by atoms with E-state index in [2.05, 4.69) is 25.2 Å². The number of carbonyl (C=O) groups is 1. The molecule has 0 radical (unpaired) electrons. The molecule has 2 saturated heterocycles. The van der Waals surface area contributed by atoms with Gasteiger partial charge in [0.2, 0.25) is 11.9 Å². The second kappa shape index (κ2) is 7.14. The fourth-order valence-corrected chi connectivity index (χ4v) is 3.54. The predicted octanol–water partition coefficient (Wildman–Crippen LogP) is 1.17. The zero-order valence-corrected chi connectivity index (χ0v) is 13.9. The summed E-state index contributed by atoms with van der Waals surface area (Å²) in [5.74, 6) is 1.11. The second-order valence-electron chi connectivity index (χ2n) is 6.52. The van der Waals surface area contributed by atoms with Crippen LogP contribution in [-0.2, 0) is 16.1 Å². The zero-order valence-electron chi connectivity index (χ0n) is 13.9. The van der Waals surface area contributed by atoms with Crippen LogP contribution in [0.4, 0.5) is 5.95 Å². The van der Waals surface area contributed by atoms with Crippen molar-refractivity contribution in [2.24, 2.45) is 5.92 Å². The van der Waals surface area contributed by atoms with Crippen molar-refractivity contribution in [2.45, 2.75) is 31.6 Å². The molecule has 25 heavy (non-hydrogen) atoms. The Morgan fingerprint density at radius 2 is 2.16 bits per heavy atom. The number of fused-ring (bicyclic) bond motifs is 1. The first-order valence-corrected chi connectivity index (χ1v) is 8.63. The van der Waals surface area contributed by atoms with Gasteiger partial charge in [-0.2, -0.15) is 0 Å². The van der Waals surface area contributed by atoms with E-state index in [1.807, 2.05) is 18.2 Å². The van der Waals surface area contributed by atoms with Crippen molar-refractivity contribution in [1.82, 2.24) is 20.3 Å². The molecule has 4 rings (SSSR count). The highest BCUT2D eigenvalue weighted by Crippen LogP contribution is 2.34. The van der Waals surface area contributed by atoms with Crippen molar-refractivity contribution < 1.29 is 9.53 Å². The Bertz CT molecular complexity index is 712. The molecule has 1 N–H and O–H groups in total. The first-order valence-electron chi connectivity index (χ1n) is 8.63. The molecule has 3 atom stereocenters. The topological polar surface area (TPSA) is 80.2 Å². The van der Waals surface area contributed by atoms with Gasteiger partial charge in [0.1, 0.15) is 6.10 Å². The minimum Gasteiger partial charge on any atom is -0.363 e. The molecule has 0 unspecified atom stereocenters. The summed E-state index contributed by atoms with van der Waals surface area (Å²) in [5.41, 5.74) is 0.985. The smallest absolute Gasteiger partial charge is 0.249 e. The third-order valence-electron chi connectivity index (χ3n) is 4.87. The van der Waals surface area contributed by atoms with Gasteiger partial charge >= 0.3 is 0 Å². The predicted molar refractivity (Wildman–Crippen MR) is 91.7 cm³/mol. The molecule has 2 aromatic heterocycles. The quantitative estimate of drug-likeness (QED) is 0.901. The van der Waals surface area contributed by atoms with Gasteiger partial charge in [0, 0.05) is 44.4 Å². The van der Waals surface area contributed by atoms with Crippen LogP contribution in [0.1, 0.15) is 18.4 Å². The molecule has 2 aromatic rings. The van der Waals surface area contributed by atoms with Crippen molar-refractivity contribution >= 4 is 11.9 Å². The van der Waals surface area contributed by atoms with E-state index in [-0.39, 0.29) is 18.1 Å². The molecule has 2 fully saturated rings. The molecule has 0 aromatic carbocycles. The number of rotatable bonds is 4. The largest absolute Gasteiger partial charge is 0.363 e. The minimum atomic E-state index is -0.372. The summed E-state index contributed by atoms with van der Waals surface area (Å²) in [7, 11) is 0. The Kier molecular flexibility index (Phi) is 4.56. The molecule has 7 nitrogen and oxygen atoms in total. The van der Waals surface area contributed by atoms with E-state index in [9.17, 15) is 4.79 Å². The Labute approximate surface area is 146 Å². The van der Waals surface area contributed by atoms with E-state index in [1.54, 1.807) is 24.8 Å². The molecule has 0 aliphatic carbocycles. The van der Waals surface area contributed by atoms with Gasteiger partial charge in [0.25, 0.3) is 0 Å². The van der Waals surface area contributed by atoms with Gasteiger partial charge in [-0.3, -0.25) is 9.78 Å². The third-order valence-corrected chi connectivity index (χ3v) is 4.87. The van der Waals surface area contributed by atoms with Crippen LogP contribution in [0.15, 0.2) is 43.0 Å². The lowest BCUT2D eigenvalue weighted by Crippen LogP contribution is -2.43. The van der Waals surface area contributed by atoms with Gasteiger partial charge in [0.05, 0.1) is 6.10 Å². The minimum absolute atomic E-state index is 0.0410. The van der Waals surface area contributed by atoms with E-state index in [1.165, 1.54) is 0 Å². The molecule has 2 aliphatic rings. The SMILES string of the molecule is O=C(NCc1cccnc1)[C@@H]1C[C@H]2CCN(c3ncccn3)C[C@@H]2O1. The van der Waals surface area contributed by atoms with Crippen molar-refractivity contribution in [3.05, 3.63) is 48.5 Å². The van der Waals surface area contributed by atoms with Gasteiger partial charge in [-0.05, 0) is 36.5 Å². The van der Waals surface area contributed by atoms with Crippen molar-refractivity contribution in [3.8, 4) is 0 Å². The lowest BCUT2D eigenvalue weighted by Gasteiger charge is -2.33. The number of hydrogen-bond donors (Lipinski definition) is 1. The lowest BCUT2D eigenvalue weighted by atomic mass is 9.92. The highest BCUT2D eigenvalue weighted by atomic mass is 16.5. The average molecular weight is 339 g/mol. The zero-order chi connectivity index (χ0) is 17.1.